The number of anilines is 1. The number of H-pyrrole nitrogens is 1. The highest BCUT2D eigenvalue weighted by molar-refractivity contribution is 5.63. The van der Waals surface area contributed by atoms with Gasteiger partial charge in [0.2, 0.25) is 0 Å². The molecule has 0 atom stereocenters. The minimum Gasteiger partial charge on any atom is -0.354 e. The van der Waals surface area contributed by atoms with Gasteiger partial charge in [-0.3, -0.25) is 10.00 Å². The summed E-state index contributed by atoms with van der Waals surface area (Å²) in [6.07, 6.45) is 3.63. The van der Waals surface area contributed by atoms with Crippen LogP contribution in [0.4, 0.5) is 5.82 Å². The maximum Gasteiger partial charge on any atom is 0.129 e. The zero-order valence-electron chi connectivity index (χ0n) is 15.3. The monoisotopic (exact) mass is 369 g/mol. The molecule has 0 spiro atoms. The Bertz CT molecular complexity index is 1030. The Morgan fingerprint density at radius 1 is 0.964 bits per heavy atom. The zero-order chi connectivity index (χ0) is 19.3. The van der Waals surface area contributed by atoms with Gasteiger partial charge < -0.3 is 4.90 Å². The number of rotatable bonds is 4. The molecule has 0 radical (unpaired) electrons. The summed E-state index contributed by atoms with van der Waals surface area (Å²) in [6.45, 7) is 4.37. The average Bonchev–Trinajstić information content (AvgIpc) is 3.22. The van der Waals surface area contributed by atoms with Gasteiger partial charge in [-0.05, 0) is 24.3 Å². The molecule has 1 fully saturated rings. The molecule has 4 rings (SSSR count). The average molecular weight is 369 g/mol. The van der Waals surface area contributed by atoms with E-state index < -0.39 is 0 Å². The van der Waals surface area contributed by atoms with E-state index in [1.807, 2.05) is 36.5 Å². The lowest BCUT2D eigenvalue weighted by atomic mass is 10.1. The van der Waals surface area contributed by atoms with Crippen molar-refractivity contribution < 1.29 is 0 Å². The van der Waals surface area contributed by atoms with Crippen LogP contribution < -0.4 is 4.90 Å². The first-order valence-electron chi connectivity index (χ1n) is 9.13. The Morgan fingerprint density at radius 3 is 2.43 bits per heavy atom. The summed E-state index contributed by atoms with van der Waals surface area (Å²) in [5.41, 5.74) is 4.35. The SMILES string of the molecule is N#Cc1ccc(-c2n[nH]cc2CN2CCN(c3cc(C#N)ccn3)CC2)cc1. The van der Waals surface area contributed by atoms with Gasteiger partial charge in [0.05, 0.1) is 29.0 Å². The Hall–Kier alpha value is -3.68. The number of hydrogen-bond acceptors (Lipinski definition) is 6. The van der Waals surface area contributed by atoms with Gasteiger partial charge in [0, 0.05) is 56.2 Å². The minimum atomic E-state index is 0.637. The standard InChI is InChI=1S/C21H19N7/c22-12-16-1-3-18(4-2-16)21-19(14-25-26-21)15-27-7-9-28(10-8-27)20-11-17(13-23)5-6-24-20/h1-6,11,14H,7-10,15H2,(H,25,26). The minimum absolute atomic E-state index is 0.637. The van der Waals surface area contributed by atoms with Gasteiger partial charge >= 0.3 is 0 Å². The van der Waals surface area contributed by atoms with Crippen LogP contribution in [-0.4, -0.2) is 46.3 Å². The van der Waals surface area contributed by atoms with Crippen molar-refractivity contribution >= 4 is 5.82 Å². The van der Waals surface area contributed by atoms with Crippen molar-refractivity contribution in [2.24, 2.45) is 0 Å². The molecule has 1 aliphatic rings. The largest absolute Gasteiger partial charge is 0.354 e. The molecule has 0 bridgehead atoms. The third kappa shape index (κ3) is 3.71. The van der Waals surface area contributed by atoms with Crippen molar-refractivity contribution in [3.05, 3.63) is 65.5 Å². The van der Waals surface area contributed by atoms with Crippen molar-refractivity contribution in [1.82, 2.24) is 20.1 Å². The first kappa shape index (κ1) is 17.7. The maximum atomic E-state index is 9.07. The lowest BCUT2D eigenvalue weighted by Gasteiger charge is -2.35. The number of benzene rings is 1. The predicted octanol–water partition coefficient (Wildman–Crippen LogP) is 2.54. The van der Waals surface area contributed by atoms with Gasteiger partial charge in [-0.2, -0.15) is 15.6 Å². The van der Waals surface area contributed by atoms with Gasteiger partial charge in [-0.1, -0.05) is 12.1 Å². The van der Waals surface area contributed by atoms with Crippen LogP contribution >= 0.6 is 0 Å². The second kappa shape index (κ2) is 7.91. The third-order valence-electron chi connectivity index (χ3n) is 4.97. The first-order valence-corrected chi connectivity index (χ1v) is 9.13. The molecule has 0 unspecified atom stereocenters. The smallest absolute Gasteiger partial charge is 0.129 e. The summed E-state index contributed by atoms with van der Waals surface area (Å²) in [7, 11) is 0. The fourth-order valence-electron chi connectivity index (χ4n) is 3.42. The quantitative estimate of drug-likeness (QED) is 0.759. The van der Waals surface area contributed by atoms with E-state index in [1.165, 1.54) is 0 Å². The van der Waals surface area contributed by atoms with Gasteiger partial charge in [0.25, 0.3) is 0 Å². The molecule has 0 saturated carbocycles. The van der Waals surface area contributed by atoms with Crippen LogP contribution in [0.3, 0.4) is 0 Å². The highest BCUT2D eigenvalue weighted by atomic mass is 15.3. The second-order valence-corrected chi connectivity index (χ2v) is 6.73. The molecule has 1 saturated heterocycles. The summed E-state index contributed by atoms with van der Waals surface area (Å²) >= 11 is 0. The Kier molecular flexibility index (Phi) is 5.01. The fraction of sp³-hybridized carbons (Fsp3) is 0.238. The molecule has 138 valence electrons. The normalized spacial score (nSPS) is 14.4. The molecule has 1 N–H and O–H groups in total. The number of hydrogen-bond donors (Lipinski definition) is 1. The molecule has 2 aromatic heterocycles. The number of piperazine rings is 1. The van der Waals surface area contributed by atoms with Crippen LogP contribution in [0, 0.1) is 22.7 Å². The van der Waals surface area contributed by atoms with Gasteiger partial charge in [-0.25, -0.2) is 4.98 Å². The van der Waals surface area contributed by atoms with Crippen LogP contribution in [0.2, 0.25) is 0 Å². The summed E-state index contributed by atoms with van der Waals surface area (Å²) in [4.78, 5) is 9.01. The number of pyridine rings is 1. The van der Waals surface area contributed by atoms with Crippen molar-refractivity contribution in [2.75, 3.05) is 31.1 Å². The Labute approximate surface area is 163 Å². The molecule has 1 aromatic carbocycles. The van der Waals surface area contributed by atoms with E-state index in [2.05, 4.69) is 37.1 Å². The van der Waals surface area contributed by atoms with E-state index >= 15 is 0 Å². The Balaban J connectivity index is 1.41. The van der Waals surface area contributed by atoms with E-state index in [0.717, 1.165) is 55.4 Å². The van der Waals surface area contributed by atoms with Crippen LogP contribution in [-0.2, 0) is 6.54 Å². The summed E-state index contributed by atoms with van der Waals surface area (Å²) in [5, 5.41) is 25.4. The van der Waals surface area contributed by atoms with Crippen LogP contribution in [0.1, 0.15) is 16.7 Å². The van der Waals surface area contributed by atoms with Crippen molar-refractivity contribution in [2.45, 2.75) is 6.54 Å². The van der Waals surface area contributed by atoms with E-state index in [9.17, 15) is 0 Å². The molecule has 3 heterocycles. The van der Waals surface area contributed by atoms with Crippen molar-refractivity contribution in [3.63, 3.8) is 0 Å². The topological polar surface area (TPSA) is 95.6 Å². The third-order valence-corrected chi connectivity index (χ3v) is 4.97. The molecule has 0 aliphatic carbocycles. The summed E-state index contributed by atoms with van der Waals surface area (Å²) in [5.74, 6) is 0.861. The molecule has 7 nitrogen and oxygen atoms in total. The molecule has 0 amide bonds. The number of nitriles is 2. The Morgan fingerprint density at radius 2 is 1.71 bits per heavy atom. The lowest BCUT2D eigenvalue weighted by Crippen LogP contribution is -2.46. The fourth-order valence-corrected chi connectivity index (χ4v) is 3.42. The highest BCUT2D eigenvalue weighted by Crippen LogP contribution is 2.23. The molecule has 3 aromatic rings. The highest BCUT2D eigenvalue weighted by Gasteiger charge is 2.20. The van der Waals surface area contributed by atoms with E-state index in [-0.39, 0.29) is 0 Å². The van der Waals surface area contributed by atoms with Gasteiger partial charge in [0.15, 0.2) is 0 Å². The van der Waals surface area contributed by atoms with Crippen molar-refractivity contribution in [1.29, 1.82) is 10.5 Å². The number of nitrogens with zero attached hydrogens (tertiary/aromatic N) is 6. The maximum absolute atomic E-state index is 9.07. The van der Waals surface area contributed by atoms with E-state index in [1.54, 1.807) is 12.3 Å². The zero-order valence-corrected chi connectivity index (χ0v) is 15.3. The second-order valence-electron chi connectivity index (χ2n) is 6.73. The van der Waals surface area contributed by atoms with E-state index in [4.69, 9.17) is 10.5 Å². The number of nitrogens with one attached hydrogen (secondary N) is 1. The molecule has 7 heteroatoms. The first-order chi connectivity index (χ1) is 13.8. The predicted molar refractivity (Wildman–Crippen MR) is 105 cm³/mol. The van der Waals surface area contributed by atoms with Gasteiger partial charge in [-0.15, -0.1) is 0 Å². The van der Waals surface area contributed by atoms with Crippen LogP contribution in [0.25, 0.3) is 11.3 Å². The van der Waals surface area contributed by atoms with E-state index in [0.29, 0.717) is 11.1 Å². The molecular formula is C21H19N7. The summed E-state index contributed by atoms with van der Waals surface area (Å²) < 4.78 is 0. The number of aromatic amines is 1. The lowest BCUT2D eigenvalue weighted by molar-refractivity contribution is 0.249. The van der Waals surface area contributed by atoms with Gasteiger partial charge in [0.1, 0.15) is 5.82 Å². The molecule has 1 aliphatic heterocycles. The molecule has 28 heavy (non-hydrogen) atoms. The van der Waals surface area contributed by atoms with Crippen molar-refractivity contribution in [3.8, 4) is 23.4 Å². The molecular weight excluding hydrogens is 350 g/mol. The van der Waals surface area contributed by atoms with Crippen LogP contribution in [0.5, 0.6) is 0 Å². The van der Waals surface area contributed by atoms with Crippen LogP contribution in [0.15, 0.2) is 48.8 Å². The number of aromatic nitrogens is 3. The summed E-state index contributed by atoms with van der Waals surface area (Å²) in [6, 6.07) is 15.4.